The van der Waals surface area contributed by atoms with Crippen LogP contribution in [0.25, 0.3) is 10.9 Å². The van der Waals surface area contributed by atoms with Gasteiger partial charge in [0.25, 0.3) is 0 Å². The standard InChI is InChI=1S/C17H15N3OS/c21-16(13-9-19-14-6-2-1-5-12(13)14)15-10-22-17(20-15)11-4-3-7-18-8-11/h1-9,15,17,19-20H,10H2/t15-,17-/m0/s1. The summed E-state index contributed by atoms with van der Waals surface area (Å²) in [5, 5.41) is 4.54. The molecule has 3 heterocycles. The molecule has 2 aromatic heterocycles. The molecule has 0 aliphatic carbocycles. The van der Waals surface area contributed by atoms with E-state index in [4.69, 9.17) is 0 Å². The maximum Gasteiger partial charge on any atom is 0.182 e. The van der Waals surface area contributed by atoms with E-state index in [1.807, 2.05) is 48.8 Å². The van der Waals surface area contributed by atoms with Gasteiger partial charge >= 0.3 is 0 Å². The Morgan fingerprint density at radius 3 is 3.00 bits per heavy atom. The van der Waals surface area contributed by atoms with Gasteiger partial charge in [0.05, 0.1) is 11.4 Å². The van der Waals surface area contributed by atoms with Crippen LogP contribution in [0, 0.1) is 0 Å². The number of pyridine rings is 1. The van der Waals surface area contributed by atoms with Crippen LogP contribution in [0.15, 0.2) is 55.0 Å². The summed E-state index contributed by atoms with van der Waals surface area (Å²) in [6, 6.07) is 11.7. The lowest BCUT2D eigenvalue weighted by Crippen LogP contribution is -2.34. The minimum Gasteiger partial charge on any atom is -0.360 e. The fraction of sp³-hybridized carbons (Fsp3) is 0.176. The Hall–Kier alpha value is -2.11. The number of para-hydroxylation sites is 1. The summed E-state index contributed by atoms with van der Waals surface area (Å²) in [7, 11) is 0. The highest BCUT2D eigenvalue weighted by atomic mass is 32.2. The number of nitrogens with one attached hydrogen (secondary N) is 2. The van der Waals surface area contributed by atoms with Crippen LogP contribution in [0.5, 0.6) is 0 Å². The zero-order valence-corrected chi connectivity index (χ0v) is 12.6. The van der Waals surface area contributed by atoms with Crippen LogP contribution in [0.3, 0.4) is 0 Å². The number of hydrogen-bond acceptors (Lipinski definition) is 4. The molecule has 0 amide bonds. The summed E-state index contributed by atoms with van der Waals surface area (Å²) in [5.41, 5.74) is 2.88. The number of aromatic nitrogens is 2. The summed E-state index contributed by atoms with van der Waals surface area (Å²) in [5.74, 6) is 0.925. The number of Topliss-reactive ketones (excluding diaryl/α,β-unsaturated/α-hetero) is 1. The molecule has 0 radical (unpaired) electrons. The lowest BCUT2D eigenvalue weighted by Gasteiger charge is -2.12. The van der Waals surface area contributed by atoms with Crippen molar-refractivity contribution in [1.82, 2.24) is 15.3 Å². The van der Waals surface area contributed by atoms with Gasteiger partial charge in [0.1, 0.15) is 0 Å². The van der Waals surface area contributed by atoms with Crippen LogP contribution in [0.4, 0.5) is 0 Å². The van der Waals surface area contributed by atoms with E-state index in [9.17, 15) is 4.79 Å². The summed E-state index contributed by atoms with van der Waals surface area (Å²) in [6.07, 6.45) is 5.43. The smallest absolute Gasteiger partial charge is 0.182 e. The van der Waals surface area contributed by atoms with Crippen LogP contribution in [0.2, 0.25) is 0 Å². The maximum absolute atomic E-state index is 12.8. The molecule has 1 aliphatic rings. The number of nitrogens with zero attached hydrogens (tertiary/aromatic N) is 1. The van der Waals surface area contributed by atoms with Crippen LogP contribution >= 0.6 is 11.8 Å². The average Bonchev–Trinajstić information content (AvgIpc) is 3.22. The molecule has 4 rings (SSSR count). The molecule has 0 unspecified atom stereocenters. The molecule has 4 nitrogen and oxygen atoms in total. The van der Waals surface area contributed by atoms with Crippen molar-refractivity contribution in [3.63, 3.8) is 0 Å². The Labute approximate surface area is 132 Å². The second-order valence-corrected chi connectivity index (χ2v) is 6.47. The Bertz CT molecular complexity index is 815. The Morgan fingerprint density at radius 2 is 2.14 bits per heavy atom. The first-order valence-electron chi connectivity index (χ1n) is 7.21. The van der Waals surface area contributed by atoms with Gasteiger partial charge in [-0.2, -0.15) is 0 Å². The molecule has 0 saturated carbocycles. The molecule has 3 aromatic rings. The summed E-state index contributed by atoms with van der Waals surface area (Å²) >= 11 is 1.75. The molecular formula is C17H15N3OS. The minimum absolute atomic E-state index is 0.132. The third kappa shape index (κ3) is 2.32. The fourth-order valence-electron chi connectivity index (χ4n) is 2.81. The summed E-state index contributed by atoms with van der Waals surface area (Å²) in [4.78, 5) is 20.1. The third-order valence-electron chi connectivity index (χ3n) is 3.94. The third-order valence-corrected chi connectivity index (χ3v) is 5.21. The first kappa shape index (κ1) is 13.5. The molecular weight excluding hydrogens is 294 g/mol. The number of H-pyrrole nitrogens is 1. The van der Waals surface area contributed by atoms with Gasteiger partial charge in [-0.1, -0.05) is 24.3 Å². The van der Waals surface area contributed by atoms with Crippen LogP contribution in [-0.2, 0) is 0 Å². The van der Waals surface area contributed by atoms with Gasteiger partial charge < -0.3 is 4.98 Å². The predicted octanol–water partition coefficient (Wildman–Crippen LogP) is 3.15. The molecule has 1 aromatic carbocycles. The number of ketones is 1. The first-order valence-corrected chi connectivity index (χ1v) is 8.26. The summed E-state index contributed by atoms with van der Waals surface area (Å²) < 4.78 is 0. The second kappa shape index (κ2) is 5.59. The zero-order valence-electron chi connectivity index (χ0n) is 11.8. The van der Waals surface area contributed by atoms with Crippen molar-refractivity contribution >= 4 is 28.4 Å². The van der Waals surface area contributed by atoms with Crippen molar-refractivity contribution in [3.05, 3.63) is 66.1 Å². The van der Waals surface area contributed by atoms with E-state index < -0.39 is 0 Å². The van der Waals surface area contributed by atoms with Crippen LogP contribution in [-0.4, -0.2) is 27.5 Å². The maximum atomic E-state index is 12.8. The number of aromatic amines is 1. The lowest BCUT2D eigenvalue weighted by molar-refractivity contribution is 0.0957. The van der Waals surface area contributed by atoms with Crippen LogP contribution < -0.4 is 5.32 Å². The molecule has 1 fully saturated rings. The SMILES string of the molecule is O=C(c1c[nH]c2ccccc12)[C@@H]1CS[C@@H](c2cccnc2)N1. The molecule has 0 spiro atoms. The normalized spacial score (nSPS) is 21.3. The highest BCUT2D eigenvalue weighted by molar-refractivity contribution is 7.99. The van der Waals surface area contributed by atoms with Crippen molar-refractivity contribution in [2.45, 2.75) is 11.4 Å². The first-order chi connectivity index (χ1) is 10.8. The molecule has 22 heavy (non-hydrogen) atoms. The van der Waals surface area contributed by atoms with E-state index in [0.717, 1.165) is 27.8 Å². The average molecular weight is 309 g/mol. The predicted molar refractivity (Wildman–Crippen MR) is 89.0 cm³/mol. The minimum atomic E-state index is -0.158. The quantitative estimate of drug-likeness (QED) is 0.730. The van der Waals surface area contributed by atoms with Gasteiger partial charge in [0.15, 0.2) is 5.78 Å². The highest BCUT2D eigenvalue weighted by Gasteiger charge is 2.32. The molecule has 2 N–H and O–H groups in total. The molecule has 0 bridgehead atoms. The molecule has 5 heteroatoms. The fourth-order valence-corrected chi connectivity index (χ4v) is 4.03. The van der Waals surface area contributed by atoms with E-state index >= 15 is 0 Å². The van der Waals surface area contributed by atoms with E-state index in [0.29, 0.717) is 0 Å². The molecule has 1 saturated heterocycles. The number of hydrogen-bond donors (Lipinski definition) is 2. The van der Waals surface area contributed by atoms with Crippen molar-refractivity contribution in [1.29, 1.82) is 0 Å². The van der Waals surface area contributed by atoms with E-state index in [1.165, 1.54) is 0 Å². The summed E-state index contributed by atoms with van der Waals surface area (Å²) in [6.45, 7) is 0. The van der Waals surface area contributed by atoms with Gasteiger partial charge in [0.2, 0.25) is 0 Å². The Kier molecular flexibility index (Phi) is 3.44. The van der Waals surface area contributed by atoms with Gasteiger partial charge in [-0.3, -0.25) is 15.1 Å². The van der Waals surface area contributed by atoms with Crippen molar-refractivity contribution in [3.8, 4) is 0 Å². The topological polar surface area (TPSA) is 57.8 Å². The van der Waals surface area contributed by atoms with Crippen LogP contribution in [0.1, 0.15) is 21.3 Å². The molecule has 110 valence electrons. The number of benzene rings is 1. The van der Waals surface area contributed by atoms with Crippen molar-refractivity contribution in [2.24, 2.45) is 0 Å². The van der Waals surface area contributed by atoms with E-state index in [-0.39, 0.29) is 17.2 Å². The number of thioether (sulfide) groups is 1. The molecule has 1 aliphatic heterocycles. The van der Waals surface area contributed by atoms with Gasteiger partial charge in [-0.05, 0) is 17.7 Å². The number of fused-ring (bicyclic) bond motifs is 1. The zero-order chi connectivity index (χ0) is 14.9. The second-order valence-electron chi connectivity index (χ2n) is 5.33. The molecule has 2 atom stereocenters. The van der Waals surface area contributed by atoms with E-state index in [2.05, 4.69) is 15.3 Å². The van der Waals surface area contributed by atoms with Gasteiger partial charge in [-0.25, -0.2) is 0 Å². The largest absolute Gasteiger partial charge is 0.360 e. The van der Waals surface area contributed by atoms with Gasteiger partial charge in [-0.15, -0.1) is 11.8 Å². The monoisotopic (exact) mass is 309 g/mol. The number of rotatable bonds is 3. The number of carbonyl (C=O) groups excluding carboxylic acids is 1. The highest BCUT2D eigenvalue weighted by Crippen LogP contribution is 2.33. The van der Waals surface area contributed by atoms with Crippen molar-refractivity contribution < 1.29 is 4.79 Å². The Morgan fingerprint density at radius 1 is 1.23 bits per heavy atom. The van der Waals surface area contributed by atoms with E-state index in [1.54, 1.807) is 18.0 Å². The number of carbonyl (C=O) groups is 1. The van der Waals surface area contributed by atoms with Gasteiger partial charge in [0, 0.05) is 40.8 Å². The van der Waals surface area contributed by atoms with Crippen molar-refractivity contribution in [2.75, 3.05) is 5.75 Å². The Balaban J connectivity index is 1.57. The lowest BCUT2D eigenvalue weighted by atomic mass is 10.0.